The quantitative estimate of drug-likeness (QED) is 0.695. The van der Waals surface area contributed by atoms with Gasteiger partial charge in [0.1, 0.15) is 5.75 Å². The number of methoxy groups -OCH3 is 1. The van der Waals surface area contributed by atoms with Crippen molar-refractivity contribution in [3.8, 4) is 5.75 Å². The molecule has 4 heteroatoms. The standard InChI is InChI=1S/C24H34O4/c1-4-16-13-20-17(14-22(16)26-15-25-3)5-6-19-18(20)7-9-23(2)21(19)8-10-24(23)27-11-12-28-24/h13-14,18-19,21H,4-12,15H2,1-3H3/t18-,19+,21-,23-/m0/s1. The van der Waals surface area contributed by atoms with Crippen molar-refractivity contribution < 1.29 is 18.9 Å². The van der Waals surface area contributed by atoms with Gasteiger partial charge in [-0.05, 0) is 79.0 Å². The molecule has 0 unspecified atom stereocenters. The summed E-state index contributed by atoms with van der Waals surface area (Å²) >= 11 is 0. The van der Waals surface area contributed by atoms with Gasteiger partial charge < -0.3 is 18.9 Å². The van der Waals surface area contributed by atoms with Gasteiger partial charge in [-0.3, -0.25) is 0 Å². The number of fused-ring (bicyclic) bond motifs is 6. The van der Waals surface area contributed by atoms with Crippen molar-refractivity contribution in [2.75, 3.05) is 27.1 Å². The third-order valence-corrected chi connectivity index (χ3v) is 8.42. The van der Waals surface area contributed by atoms with E-state index in [1.165, 1.54) is 36.8 Å². The summed E-state index contributed by atoms with van der Waals surface area (Å²) in [5, 5.41) is 0. The lowest BCUT2D eigenvalue weighted by Gasteiger charge is -2.52. The molecule has 1 spiro atoms. The molecule has 0 N–H and O–H groups in total. The molecule has 4 aliphatic rings. The molecule has 1 aromatic rings. The summed E-state index contributed by atoms with van der Waals surface area (Å²) in [4.78, 5) is 0. The fraction of sp³-hybridized carbons (Fsp3) is 0.750. The second-order valence-electron chi connectivity index (χ2n) is 9.42. The highest BCUT2D eigenvalue weighted by atomic mass is 16.7. The van der Waals surface area contributed by atoms with Gasteiger partial charge in [-0.15, -0.1) is 0 Å². The van der Waals surface area contributed by atoms with Crippen LogP contribution in [0.1, 0.15) is 68.6 Å². The first kappa shape index (κ1) is 18.9. The van der Waals surface area contributed by atoms with Crippen molar-refractivity contribution in [1.29, 1.82) is 0 Å². The van der Waals surface area contributed by atoms with Crippen molar-refractivity contribution in [2.24, 2.45) is 17.3 Å². The Kier molecular flexibility index (Phi) is 4.72. The topological polar surface area (TPSA) is 36.9 Å². The van der Waals surface area contributed by atoms with Crippen LogP contribution in [-0.2, 0) is 27.1 Å². The second kappa shape index (κ2) is 7.00. The molecule has 154 valence electrons. The maximum atomic E-state index is 6.26. The van der Waals surface area contributed by atoms with Gasteiger partial charge in [0, 0.05) is 18.9 Å². The Morgan fingerprint density at radius 1 is 1.11 bits per heavy atom. The maximum absolute atomic E-state index is 6.26. The van der Waals surface area contributed by atoms with Crippen LogP contribution >= 0.6 is 0 Å². The summed E-state index contributed by atoms with van der Waals surface area (Å²) in [6.07, 6.45) is 8.23. The van der Waals surface area contributed by atoms with Gasteiger partial charge >= 0.3 is 0 Å². The minimum atomic E-state index is -0.296. The lowest BCUT2D eigenvalue weighted by atomic mass is 9.54. The molecule has 3 fully saturated rings. The van der Waals surface area contributed by atoms with Crippen LogP contribution in [0.3, 0.4) is 0 Å². The lowest BCUT2D eigenvalue weighted by Crippen LogP contribution is -2.51. The minimum absolute atomic E-state index is 0.178. The molecule has 3 aliphatic carbocycles. The average molecular weight is 387 g/mol. The predicted molar refractivity (Wildman–Crippen MR) is 108 cm³/mol. The van der Waals surface area contributed by atoms with Crippen molar-refractivity contribution in [3.63, 3.8) is 0 Å². The van der Waals surface area contributed by atoms with Crippen molar-refractivity contribution in [2.45, 2.75) is 70.5 Å². The lowest BCUT2D eigenvalue weighted by molar-refractivity contribution is -0.237. The molecule has 0 bridgehead atoms. The summed E-state index contributed by atoms with van der Waals surface area (Å²) in [6, 6.07) is 4.75. The third kappa shape index (κ3) is 2.60. The molecular weight excluding hydrogens is 352 g/mol. The van der Waals surface area contributed by atoms with Gasteiger partial charge in [-0.25, -0.2) is 0 Å². The largest absolute Gasteiger partial charge is 0.467 e. The van der Waals surface area contributed by atoms with Crippen LogP contribution in [0.15, 0.2) is 12.1 Å². The smallest absolute Gasteiger partial charge is 0.188 e. The van der Waals surface area contributed by atoms with E-state index in [9.17, 15) is 0 Å². The summed E-state index contributed by atoms with van der Waals surface area (Å²) in [6.45, 7) is 6.53. The first-order valence-electron chi connectivity index (χ1n) is 11.2. The number of benzene rings is 1. The van der Waals surface area contributed by atoms with Crippen molar-refractivity contribution >= 4 is 0 Å². The number of aryl methyl sites for hydroxylation is 2. The molecule has 2 saturated carbocycles. The molecule has 0 radical (unpaired) electrons. The summed E-state index contributed by atoms with van der Waals surface area (Å²) < 4.78 is 23.5. The average Bonchev–Trinajstić information content (AvgIpc) is 3.31. The first-order valence-corrected chi connectivity index (χ1v) is 11.2. The zero-order chi connectivity index (χ0) is 19.4. The SMILES string of the molecule is CCc1cc2c(cc1OCOC)CC[C@@H]1[C@@H]2CC[C@@]2(C)[C@H]1CCC21OCCO1. The van der Waals surface area contributed by atoms with Crippen LogP contribution in [0.5, 0.6) is 5.75 Å². The van der Waals surface area contributed by atoms with Gasteiger partial charge in [-0.2, -0.15) is 0 Å². The van der Waals surface area contributed by atoms with Crippen LogP contribution in [0, 0.1) is 17.3 Å². The van der Waals surface area contributed by atoms with E-state index < -0.39 is 0 Å². The first-order chi connectivity index (χ1) is 13.6. The van der Waals surface area contributed by atoms with E-state index >= 15 is 0 Å². The monoisotopic (exact) mass is 386 g/mol. The van der Waals surface area contributed by atoms with E-state index in [1.54, 1.807) is 12.7 Å². The van der Waals surface area contributed by atoms with E-state index in [4.69, 9.17) is 18.9 Å². The molecule has 1 heterocycles. The molecule has 0 amide bonds. The highest BCUT2D eigenvalue weighted by molar-refractivity contribution is 5.46. The third-order valence-electron chi connectivity index (χ3n) is 8.42. The Hall–Kier alpha value is -1.10. The summed E-state index contributed by atoms with van der Waals surface area (Å²) in [5.41, 5.74) is 4.58. The molecule has 1 aromatic carbocycles. The van der Waals surface area contributed by atoms with E-state index in [0.29, 0.717) is 18.6 Å². The van der Waals surface area contributed by atoms with Crippen LogP contribution in [0.2, 0.25) is 0 Å². The molecule has 1 aliphatic heterocycles. The number of hydrogen-bond acceptors (Lipinski definition) is 4. The zero-order valence-electron chi connectivity index (χ0n) is 17.6. The number of hydrogen-bond donors (Lipinski definition) is 0. The molecule has 5 rings (SSSR count). The van der Waals surface area contributed by atoms with Gasteiger partial charge in [0.05, 0.1) is 13.2 Å². The molecule has 0 aromatic heterocycles. The van der Waals surface area contributed by atoms with Gasteiger partial charge in [0.15, 0.2) is 12.6 Å². The van der Waals surface area contributed by atoms with Crippen LogP contribution in [0.4, 0.5) is 0 Å². The summed E-state index contributed by atoms with van der Waals surface area (Å²) in [7, 11) is 1.68. The maximum Gasteiger partial charge on any atom is 0.188 e. The Morgan fingerprint density at radius 2 is 1.93 bits per heavy atom. The molecular formula is C24H34O4. The second-order valence-corrected chi connectivity index (χ2v) is 9.42. The van der Waals surface area contributed by atoms with E-state index in [2.05, 4.69) is 26.0 Å². The van der Waals surface area contributed by atoms with Crippen LogP contribution < -0.4 is 4.74 Å². The number of ether oxygens (including phenoxy) is 4. The van der Waals surface area contributed by atoms with E-state index in [-0.39, 0.29) is 11.2 Å². The fourth-order valence-corrected chi connectivity index (χ4v) is 7.06. The Labute approximate surface area is 168 Å². The fourth-order valence-electron chi connectivity index (χ4n) is 7.06. The van der Waals surface area contributed by atoms with Gasteiger partial charge in [0.2, 0.25) is 0 Å². The zero-order valence-corrected chi connectivity index (χ0v) is 17.6. The van der Waals surface area contributed by atoms with Crippen LogP contribution in [-0.4, -0.2) is 32.9 Å². The van der Waals surface area contributed by atoms with E-state index in [1.807, 2.05) is 0 Å². The van der Waals surface area contributed by atoms with Gasteiger partial charge in [-0.1, -0.05) is 19.9 Å². The highest BCUT2D eigenvalue weighted by Crippen LogP contribution is 2.66. The highest BCUT2D eigenvalue weighted by Gasteiger charge is 2.65. The Bertz CT molecular complexity index is 738. The predicted octanol–water partition coefficient (Wildman–Crippen LogP) is 4.83. The summed E-state index contributed by atoms with van der Waals surface area (Å²) in [5.74, 6) is 2.87. The molecule has 1 saturated heterocycles. The van der Waals surface area contributed by atoms with E-state index in [0.717, 1.165) is 44.1 Å². The van der Waals surface area contributed by atoms with Crippen LogP contribution in [0.25, 0.3) is 0 Å². The van der Waals surface area contributed by atoms with Crippen molar-refractivity contribution in [3.05, 3.63) is 28.8 Å². The normalized spacial score (nSPS) is 35.5. The Balaban J connectivity index is 1.46. The molecule has 4 atom stereocenters. The number of rotatable bonds is 4. The Morgan fingerprint density at radius 3 is 2.68 bits per heavy atom. The molecule has 28 heavy (non-hydrogen) atoms. The van der Waals surface area contributed by atoms with Crippen molar-refractivity contribution in [1.82, 2.24) is 0 Å². The minimum Gasteiger partial charge on any atom is -0.467 e. The molecule has 4 nitrogen and oxygen atoms in total. The van der Waals surface area contributed by atoms with Gasteiger partial charge in [0.25, 0.3) is 0 Å².